The summed E-state index contributed by atoms with van der Waals surface area (Å²) in [6.07, 6.45) is 3.22. The molecule has 2 aromatic carbocycles. The lowest BCUT2D eigenvalue weighted by Crippen LogP contribution is -2.45. The van der Waals surface area contributed by atoms with Gasteiger partial charge in [0.15, 0.2) is 13.9 Å². The minimum Gasteiger partial charge on any atom is -0.432 e. The number of rotatable bonds is 6. The topological polar surface area (TPSA) is 111 Å². The number of aliphatic hydroxyl groups is 1. The number of para-hydroxylation sites is 1. The number of fused-ring (bicyclic) bond motifs is 2. The van der Waals surface area contributed by atoms with Gasteiger partial charge in [0.2, 0.25) is 11.8 Å². The molecule has 3 saturated heterocycles. The first kappa shape index (κ1) is 29.0. The fraction of sp³-hybridized carbons (Fsp3) is 0.531. The van der Waals surface area contributed by atoms with Crippen molar-refractivity contribution in [3.05, 3.63) is 54.1 Å². The number of carbonyl (C=O) groups excluding carboxylic acids is 3. The Morgan fingerprint density at radius 2 is 1.81 bits per heavy atom. The highest BCUT2D eigenvalue weighted by Gasteiger charge is 2.67. The van der Waals surface area contributed by atoms with Gasteiger partial charge in [-0.25, -0.2) is 0 Å². The normalized spacial score (nSPS) is 29.6. The standard InChI is InChI=1S/C32H41N3O6Si/c1-21-30(42(2,3)40)27(19-29(38)34-17-9-12-24(34)20-36)41-32(21)25-18-23(33-16-8-7-13-28(33)37)14-15-26(25)35(31(32)39)22-10-5-4-6-11-22/h4-6,10-11,14-15,18,21,24,27,30,36,40H,7-9,12-13,16-17,19-20H2,1-3H3/t21-,24+,27+,30-,32+/m1/s1. The first-order valence-corrected chi connectivity index (χ1v) is 18.3. The van der Waals surface area contributed by atoms with Gasteiger partial charge in [0, 0.05) is 47.9 Å². The van der Waals surface area contributed by atoms with Crippen molar-refractivity contribution in [3.8, 4) is 0 Å². The summed E-state index contributed by atoms with van der Waals surface area (Å²) in [4.78, 5) is 58.0. The van der Waals surface area contributed by atoms with Gasteiger partial charge in [0.25, 0.3) is 5.91 Å². The molecule has 42 heavy (non-hydrogen) atoms. The van der Waals surface area contributed by atoms with Crippen LogP contribution in [-0.4, -0.2) is 72.7 Å². The van der Waals surface area contributed by atoms with Crippen LogP contribution >= 0.6 is 0 Å². The van der Waals surface area contributed by atoms with Gasteiger partial charge >= 0.3 is 0 Å². The molecule has 224 valence electrons. The number of amides is 3. The molecule has 3 fully saturated rings. The quantitative estimate of drug-likeness (QED) is 0.491. The van der Waals surface area contributed by atoms with Gasteiger partial charge in [-0.3, -0.25) is 19.3 Å². The minimum absolute atomic E-state index is 0.0303. The SMILES string of the molecule is C[C@@H]1[C@@H]([Si](C)(C)O)[C@H](CC(=O)N2CCC[C@H]2CO)O[C@@]12C(=O)N(c1ccccc1)c1ccc(N3CCCCC3=O)cc12. The van der Waals surface area contributed by atoms with E-state index >= 15 is 0 Å². The molecule has 3 amide bonds. The number of hydrogen-bond donors (Lipinski definition) is 2. The van der Waals surface area contributed by atoms with E-state index in [0.29, 0.717) is 36.4 Å². The Kier molecular flexibility index (Phi) is 7.53. The van der Waals surface area contributed by atoms with Gasteiger partial charge < -0.3 is 24.4 Å². The van der Waals surface area contributed by atoms with Crippen LogP contribution in [0.4, 0.5) is 17.1 Å². The number of aliphatic hydroxyl groups excluding tert-OH is 1. The molecule has 6 rings (SSSR count). The fourth-order valence-corrected chi connectivity index (χ4v) is 10.5. The van der Waals surface area contributed by atoms with E-state index in [1.807, 2.05) is 68.5 Å². The third kappa shape index (κ3) is 4.59. The Morgan fingerprint density at radius 3 is 2.50 bits per heavy atom. The molecular formula is C32H41N3O6Si. The summed E-state index contributed by atoms with van der Waals surface area (Å²) in [5.74, 6) is -0.733. The maximum absolute atomic E-state index is 14.7. The maximum atomic E-state index is 14.7. The molecule has 0 aliphatic carbocycles. The van der Waals surface area contributed by atoms with E-state index in [-0.39, 0.29) is 36.8 Å². The minimum atomic E-state index is -2.96. The number of nitrogens with zero attached hydrogens (tertiary/aromatic N) is 3. The van der Waals surface area contributed by atoms with Gasteiger partial charge in [0.05, 0.1) is 30.9 Å². The highest BCUT2D eigenvalue weighted by molar-refractivity contribution is 6.71. The monoisotopic (exact) mass is 591 g/mol. The van der Waals surface area contributed by atoms with Crippen molar-refractivity contribution >= 4 is 43.1 Å². The summed E-state index contributed by atoms with van der Waals surface area (Å²) >= 11 is 0. The summed E-state index contributed by atoms with van der Waals surface area (Å²) in [5, 5.41) is 9.83. The Bertz CT molecular complexity index is 1380. The molecule has 2 N–H and O–H groups in total. The number of likely N-dealkylation sites (tertiary alicyclic amines) is 1. The second-order valence-corrected chi connectivity index (χ2v) is 16.8. The highest BCUT2D eigenvalue weighted by Crippen LogP contribution is 2.61. The number of piperidine rings is 1. The molecule has 0 bridgehead atoms. The second-order valence-electron chi connectivity index (χ2n) is 12.8. The molecule has 4 aliphatic rings. The first-order valence-electron chi connectivity index (χ1n) is 15.2. The zero-order valence-electron chi connectivity index (χ0n) is 24.7. The summed E-state index contributed by atoms with van der Waals surface area (Å²) in [6.45, 7) is 6.77. The molecule has 4 heterocycles. The Morgan fingerprint density at radius 1 is 1.05 bits per heavy atom. The predicted molar refractivity (Wildman–Crippen MR) is 162 cm³/mol. The number of anilines is 3. The number of carbonyl (C=O) groups is 3. The molecular weight excluding hydrogens is 550 g/mol. The van der Waals surface area contributed by atoms with Crippen LogP contribution in [0, 0.1) is 5.92 Å². The van der Waals surface area contributed by atoms with Crippen molar-refractivity contribution in [2.45, 2.75) is 81.8 Å². The van der Waals surface area contributed by atoms with Crippen molar-refractivity contribution in [2.75, 3.05) is 29.5 Å². The molecule has 4 aliphatic heterocycles. The average molecular weight is 592 g/mol. The smallest absolute Gasteiger partial charge is 0.268 e. The molecule has 5 atom stereocenters. The molecule has 0 aromatic heterocycles. The van der Waals surface area contributed by atoms with Crippen molar-refractivity contribution in [2.24, 2.45) is 5.92 Å². The predicted octanol–water partition coefficient (Wildman–Crippen LogP) is 4.05. The van der Waals surface area contributed by atoms with Gasteiger partial charge in [0.1, 0.15) is 0 Å². The molecule has 9 nitrogen and oxygen atoms in total. The number of ether oxygens (including phenoxy) is 1. The molecule has 0 radical (unpaired) electrons. The molecule has 10 heteroatoms. The number of benzene rings is 2. The van der Waals surface area contributed by atoms with Gasteiger partial charge in [-0.05, 0) is 69.1 Å². The third-order valence-electron chi connectivity index (χ3n) is 9.81. The molecule has 1 spiro atoms. The summed E-state index contributed by atoms with van der Waals surface area (Å²) in [7, 11) is -2.96. The summed E-state index contributed by atoms with van der Waals surface area (Å²) in [5.41, 5.74) is 0.976. The molecule has 0 unspecified atom stereocenters. The van der Waals surface area contributed by atoms with Crippen LogP contribution in [0.25, 0.3) is 0 Å². The van der Waals surface area contributed by atoms with E-state index in [1.165, 1.54) is 0 Å². The van der Waals surface area contributed by atoms with E-state index in [9.17, 15) is 24.3 Å². The van der Waals surface area contributed by atoms with Crippen molar-refractivity contribution < 1.29 is 29.0 Å². The van der Waals surface area contributed by atoms with Gasteiger partial charge in [-0.15, -0.1) is 0 Å². The van der Waals surface area contributed by atoms with Crippen molar-refractivity contribution in [1.82, 2.24) is 4.90 Å². The lowest BCUT2D eigenvalue weighted by atomic mass is 9.82. The summed E-state index contributed by atoms with van der Waals surface area (Å²) < 4.78 is 6.89. The first-order chi connectivity index (χ1) is 20.1. The summed E-state index contributed by atoms with van der Waals surface area (Å²) in [6, 6.07) is 14.9. The Balaban J connectivity index is 1.45. The fourth-order valence-electron chi connectivity index (χ4n) is 7.91. The van der Waals surface area contributed by atoms with E-state index < -0.39 is 31.5 Å². The lowest BCUT2D eigenvalue weighted by molar-refractivity contribution is -0.149. The second kappa shape index (κ2) is 10.9. The van der Waals surface area contributed by atoms with Gasteiger partial charge in [-0.2, -0.15) is 0 Å². The Labute approximate surface area is 248 Å². The van der Waals surface area contributed by atoms with Crippen LogP contribution in [0.15, 0.2) is 48.5 Å². The van der Waals surface area contributed by atoms with E-state index in [4.69, 9.17) is 4.74 Å². The van der Waals surface area contributed by atoms with Crippen LogP contribution < -0.4 is 9.80 Å². The van der Waals surface area contributed by atoms with Crippen molar-refractivity contribution in [3.63, 3.8) is 0 Å². The van der Waals surface area contributed by atoms with Crippen LogP contribution in [-0.2, 0) is 24.7 Å². The van der Waals surface area contributed by atoms with Crippen molar-refractivity contribution in [1.29, 1.82) is 0 Å². The average Bonchev–Trinajstić information content (AvgIpc) is 3.63. The molecule has 2 aromatic rings. The Hall–Kier alpha value is -3.05. The largest absolute Gasteiger partial charge is 0.432 e. The van der Waals surface area contributed by atoms with Crippen LogP contribution in [0.2, 0.25) is 18.6 Å². The van der Waals surface area contributed by atoms with Crippen LogP contribution in [0.5, 0.6) is 0 Å². The van der Waals surface area contributed by atoms with E-state index in [0.717, 1.165) is 31.4 Å². The third-order valence-corrected chi connectivity index (χ3v) is 12.3. The van der Waals surface area contributed by atoms with E-state index in [2.05, 4.69) is 0 Å². The zero-order valence-corrected chi connectivity index (χ0v) is 25.7. The maximum Gasteiger partial charge on any atom is 0.268 e. The van der Waals surface area contributed by atoms with Crippen LogP contribution in [0.3, 0.4) is 0 Å². The lowest BCUT2D eigenvalue weighted by Gasteiger charge is -2.33. The zero-order chi connectivity index (χ0) is 29.8. The van der Waals surface area contributed by atoms with Crippen LogP contribution in [0.1, 0.15) is 51.0 Å². The number of hydrogen-bond acceptors (Lipinski definition) is 6. The highest BCUT2D eigenvalue weighted by atomic mass is 28.4. The van der Waals surface area contributed by atoms with E-state index in [1.54, 1.807) is 14.7 Å². The van der Waals surface area contributed by atoms with Gasteiger partial charge in [-0.1, -0.05) is 25.1 Å². The molecule has 0 saturated carbocycles.